The molecular formula is C29H33NO8. The number of cyclic esters (lactones) is 1. The second-order valence-electron chi connectivity index (χ2n) is 12.6. The summed E-state index contributed by atoms with van der Waals surface area (Å²) in [5, 5.41) is 16.4. The Morgan fingerprint density at radius 3 is 2.74 bits per heavy atom. The molecule has 2 saturated carbocycles. The largest absolute Gasteiger partial charge is 0.465 e. The van der Waals surface area contributed by atoms with Crippen LogP contribution in [0.3, 0.4) is 0 Å². The lowest BCUT2D eigenvalue weighted by atomic mass is 9.44. The van der Waals surface area contributed by atoms with Crippen molar-refractivity contribution in [2.75, 3.05) is 25.6 Å². The number of esters is 2. The zero-order valence-corrected chi connectivity index (χ0v) is 22.0. The van der Waals surface area contributed by atoms with Crippen LogP contribution in [0.4, 0.5) is 5.69 Å². The van der Waals surface area contributed by atoms with Crippen LogP contribution in [0.25, 0.3) is 0 Å². The number of hydrogen-bond acceptors (Lipinski definition) is 9. The van der Waals surface area contributed by atoms with Gasteiger partial charge in [-0.05, 0) is 48.8 Å². The summed E-state index contributed by atoms with van der Waals surface area (Å²) in [6.07, 6.45) is 1.43. The molecule has 2 N–H and O–H groups in total. The van der Waals surface area contributed by atoms with E-state index in [0.29, 0.717) is 30.7 Å². The van der Waals surface area contributed by atoms with E-state index < -0.39 is 28.4 Å². The maximum atomic E-state index is 13.0. The molecule has 0 unspecified atom stereocenters. The number of carbonyl (C=O) groups is 2. The number of para-hydroxylation sites is 1. The van der Waals surface area contributed by atoms with E-state index in [4.69, 9.17) is 23.7 Å². The molecular weight excluding hydrogens is 490 g/mol. The highest BCUT2D eigenvalue weighted by Crippen LogP contribution is 2.85. The highest BCUT2D eigenvalue weighted by molar-refractivity contribution is 5.95. The molecule has 5 fully saturated rings. The van der Waals surface area contributed by atoms with Crippen molar-refractivity contribution in [2.45, 2.75) is 80.7 Å². The summed E-state index contributed by atoms with van der Waals surface area (Å²) in [7, 11) is 1.35. The minimum absolute atomic E-state index is 0.00336. The van der Waals surface area contributed by atoms with Crippen LogP contribution < -0.4 is 5.32 Å². The van der Waals surface area contributed by atoms with Crippen molar-refractivity contribution >= 4 is 17.6 Å². The van der Waals surface area contributed by atoms with Crippen LogP contribution >= 0.6 is 0 Å². The summed E-state index contributed by atoms with van der Waals surface area (Å²) in [6.45, 7) is 6.85. The van der Waals surface area contributed by atoms with Crippen molar-refractivity contribution in [2.24, 2.45) is 17.3 Å². The van der Waals surface area contributed by atoms with E-state index in [1.54, 1.807) is 12.1 Å². The molecule has 3 saturated heterocycles. The van der Waals surface area contributed by atoms with Crippen molar-refractivity contribution in [3.8, 4) is 0 Å². The first-order chi connectivity index (χ1) is 18.1. The maximum absolute atomic E-state index is 13.0. The average molecular weight is 524 g/mol. The SMILES string of the molecule is COC(=O)c1ccccc1NC[C@@]1(O)[C@]23O[C@H]2C[C@H]2C4=C(CC[C@]2(C)[C@@]32O[C@H]2[C@@H]2O[C@@]21C(C)C)C(=O)OC4. The number of carbonyl (C=O) groups excluding carboxylic acids is 2. The fourth-order valence-electron chi connectivity index (χ4n) is 9.50. The topological polar surface area (TPSA) is 122 Å². The Kier molecular flexibility index (Phi) is 4.20. The third kappa shape index (κ3) is 2.22. The van der Waals surface area contributed by atoms with Gasteiger partial charge in [0.05, 0.1) is 18.8 Å². The van der Waals surface area contributed by atoms with Crippen molar-refractivity contribution in [1.82, 2.24) is 0 Å². The van der Waals surface area contributed by atoms with E-state index in [-0.39, 0.29) is 48.1 Å². The molecule has 2 spiro atoms. The summed E-state index contributed by atoms with van der Waals surface area (Å²) < 4.78 is 30.4. The monoisotopic (exact) mass is 523 g/mol. The number of methoxy groups -OCH3 is 1. The molecule has 3 aliphatic carbocycles. The minimum atomic E-state index is -1.43. The lowest BCUT2D eigenvalue weighted by Crippen LogP contribution is -2.77. The van der Waals surface area contributed by atoms with Crippen molar-refractivity contribution in [3.63, 3.8) is 0 Å². The smallest absolute Gasteiger partial charge is 0.339 e. The Labute approximate surface area is 220 Å². The molecule has 8 rings (SSSR count). The number of hydrogen-bond donors (Lipinski definition) is 2. The zero-order chi connectivity index (χ0) is 26.5. The number of anilines is 1. The van der Waals surface area contributed by atoms with Gasteiger partial charge in [0.15, 0.2) is 5.60 Å². The first-order valence-electron chi connectivity index (χ1n) is 13.7. The van der Waals surface area contributed by atoms with Gasteiger partial charge in [0.25, 0.3) is 0 Å². The molecule has 4 aliphatic heterocycles. The zero-order valence-electron chi connectivity index (χ0n) is 22.0. The lowest BCUT2D eigenvalue weighted by Gasteiger charge is -2.56. The number of rotatable bonds is 5. The number of nitrogens with one attached hydrogen (secondary N) is 1. The molecule has 9 atom stereocenters. The minimum Gasteiger partial charge on any atom is -0.465 e. The van der Waals surface area contributed by atoms with E-state index in [1.165, 1.54) is 7.11 Å². The Hall–Kier alpha value is -2.46. The third-order valence-corrected chi connectivity index (χ3v) is 11.3. The molecule has 4 heterocycles. The Morgan fingerprint density at radius 2 is 1.97 bits per heavy atom. The third-order valence-electron chi connectivity index (χ3n) is 11.3. The average Bonchev–Trinajstić information content (AvgIpc) is 3.81. The Balaban J connectivity index is 1.23. The van der Waals surface area contributed by atoms with Crippen LogP contribution in [-0.4, -0.2) is 78.0 Å². The summed E-state index contributed by atoms with van der Waals surface area (Å²) in [5.41, 5.74) is -1.40. The van der Waals surface area contributed by atoms with Gasteiger partial charge in [0, 0.05) is 23.2 Å². The van der Waals surface area contributed by atoms with E-state index >= 15 is 0 Å². The molecule has 0 radical (unpaired) electrons. The molecule has 38 heavy (non-hydrogen) atoms. The first kappa shape index (κ1) is 23.4. The van der Waals surface area contributed by atoms with Gasteiger partial charge in [0.2, 0.25) is 0 Å². The van der Waals surface area contributed by atoms with E-state index in [0.717, 1.165) is 17.6 Å². The molecule has 7 aliphatic rings. The predicted octanol–water partition coefficient (Wildman–Crippen LogP) is 2.37. The highest BCUT2D eigenvalue weighted by atomic mass is 16.7. The molecule has 9 nitrogen and oxygen atoms in total. The fraction of sp³-hybridized carbons (Fsp3) is 0.655. The van der Waals surface area contributed by atoms with E-state index in [2.05, 4.69) is 26.1 Å². The summed E-state index contributed by atoms with van der Waals surface area (Å²) >= 11 is 0. The quantitative estimate of drug-likeness (QED) is 0.442. The summed E-state index contributed by atoms with van der Waals surface area (Å²) in [6, 6.07) is 7.14. The van der Waals surface area contributed by atoms with Gasteiger partial charge in [-0.1, -0.05) is 32.9 Å². The van der Waals surface area contributed by atoms with Gasteiger partial charge >= 0.3 is 11.9 Å². The van der Waals surface area contributed by atoms with Gasteiger partial charge in [-0.15, -0.1) is 0 Å². The number of epoxide rings is 3. The lowest BCUT2D eigenvalue weighted by molar-refractivity contribution is -0.159. The van der Waals surface area contributed by atoms with Gasteiger partial charge < -0.3 is 34.1 Å². The molecule has 202 valence electrons. The van der Waals surface area contributed by atoms with Gasteiger partial charge in [-0.25, -0.2) is 9.59 Å². The highest BCUT2D eigenvalue weighted by Gasteiger charge is 3.04. The fourth-order valence-corrected chi connectivity index (χ4v) is 9.50. The second-order valence-corrected chi connectivity index (χ2v) is 12.6. The van der Waals surface area contributed by atoms with Crippen LogP contribution in [0.1, 0.15) is 50.4 Å². The van der Waals surface area contributed by atoms with Crippen molar-refractivity contribution in [1.29, 1.82) is 0 Å². The van der Waals surface area contributed by atoms with Crippen LogP contribution in [0.2, 0.25) is 0 Å². The number of fused-ring (bicyclic) bond motifs is 4. The summed E-state index contributed by atoms with van der Waals surface area (Å²) in [4.78, 5) is 24.9. The van der Waals surface area contributed by atoms with Gasteiger partial charge in [-0.2, -0.15) is 0 Å². The van der Waals surface area contributed by atoms with Gasteiger partial charge in [0.1, 0.15) is 35.6 Å². The predicted molar refractivity (Wildman–Crippen MR) is 132 cm³/mol. The Morgan fingerprint density at radius 1 is 1.18 bits per heavy atom. The summed E-state index contributed by atoms with van der Waals surface area (Å²) in [5.74, 6) is -0.551. The second kappa shape index (κ2) is 6.81. The van der Waals surface area contributed by atoms with Crippen LogP contribution in [-0.2, 0) is 28.5 Å². The normalized spacial score (nSPS) is 48.5. The Bertz CT molecular complexity index is 1340. The number of ether oxygens (including phenoxy) is 5. The number of aliphatic hydroxyl groups is 1. The first-order valence-corrected chi connectivity index (χ1v) is 13.7. The van der Waals surface area contributed by atoms with E-state index in [1.807, 2.05) is 12.1 Å². The van der Waals surface area contributed by atoms with Gasteiger partial charge in [-0.3, -0.25) is 0 Å². The molecule has 0 bridgehead atoms. The molecule has 1 aromatic carbocycles. The van der Waals surface area contributed by atoms with Crippen molar-refractivity contribution < 1.29 is 38.4 Å². The van der Waals surface area contributed by atoms with Crippen molar-refractivity contribution in [3.05, 3.63) is 41.0 Å². The molecule has 9 heteroatoms. The van der Waals surface area contributed by atoms with E-state index in [9.17, 15) is 14.7 Å². The molecule has 1 aromatic rings. The van der Waals surface area contributed by atoms with Crippen LogP contribution in [0.5, 0.6) is 0 Å². The standard InChI is InChI=1S/C29H33NO8/c1-14(2)27-21(37-27)22-29(38-22)25(3)10-9-15-17(12-35-24(15)32)18(25)11-20-28(29,36-20)26(27,33)13-30-19-8-6-5-7-16(19)23(31)34-4/h5-8,14,18,20-22,30,33H,9-13H2,1-4H3/t18-,20-,21-,22-,25-,26-,27-,28+,29+/m0/s1. The van der Waals surface area contributed by atoms with Crippen LogP contribution in [0.15, 0.2) is 35.4 Å². The number of benzene rings is 1. The molecule has 0 aromatic heterocycles. The molecule has 0 amide bonds. The van der Waals surface area contributed by atoms with Crippen LogP contribution in [0, 0.1) is 17.3 Å². The maximum Gasteiger partial charge on any atom is 0.339 e.